The van der Waals surface area contributed by atoms with Crippen LogP contribution in [0.2, 0.25) is 0 Å². The van der Waals surface area contributed by atoms with Crippen molar-refractivity contribution in [1.29, 1.82) is 0 Å². The molecule has 178 valence electrons. The molecule has 0 aromatic heterocycles. The van der Waals surface area contributed by atoms with Gasteiger partial charge < -0.3 is 5.11 Å². The molecule has 0 heterocycles. The first kappa shape index (κ1) is 29.2. The molecule has 0 aliphatic heterocycles. The maximum Gasteiger partial charge on any atom is 0.309 e. The molecule has 2 nitrogen and oxygen atoms in total. The Balaban J connectivity index is 3.63. The zero-order valence-corrected chi connectivity index (χ0v) is 21.0. The van der Waals surface area contributed by atoms with Crippen LogP contribution in [0.25, 0.3) is 0 Å². The highest BCUT2D eigenvalue weighted by Crippen LogP contribution is 2.40. The van der Waals surface area contributed by atoms with Crippen molar-refractivity contribution in [1.82, 2.24) is 0 Å². The van der Waals surface area contributed by atoms with Crippen LogP contribution in [-0.2, 0) is 4.79 Å². The summed E-state index contributed by atoms with van der Waals surface area (Å²) >= 11 is 0. The number of carbonyl (C=O) groups is 1. The van der Waals surface area contributed by atoms with E-state index in [-0.39, 0.29) is 0 Å². The molecule has 0 rings (SSSR count). The summed E-state index contributed by atoms with van der Waals surface area (Å²) in [5.41, 5.74) is -0.503. The number of hydrogen-bond donors (Lipinski definition) is 1. The number of allylic oxidation sites excluding steroid dienone is 2. The second-order valence-corrected chi connectivity index (χ2v) is 9.35. The Kier molecular flexibility index (Phi) is 19.6. The number of carboxylic acid groups (broad SMARTS) is 1. The van der Waals surface area contributed by atoms with Gasteiger partial charge in [0.25, 0.3) is 0 Å². The number of aliphatic carboxylic acids is 1. The molecule has 2 heteroatoms. The van der Waals surface area contributed by atoms with E-state index in [0.717, 1.165) is 25.7 Å². The first-order valence-electron chi connectivity index (χ1n) is 13.5. The zero-order valence-electron chi connectivity index (χ0n) is 21.0. The van der Waals surface area contributed by atoms with Gasteiger partial charge in [-0.2, -0.15) is 0 Å². The van der Waals surface area contributed by atoms with E-state index in [1.807, 2.05) is 13.8 Å². The Morgan fingerprint density at radius 3 is 1.53 bits per heavy atom. The third-order valence-electron chi connectivity index (χ3n) is 7.28. The Labute approximate surface area is 189 Å². The lowest BCUT2D eigenvalue weighted by Crippen LogP contribution is -2.37. The molecule has 0 aromatic rings. The molecule has 0 aliphatic rings. The minimum Gasteiger partial charge on any atom is -0.481 e. The Hall–Kier alpha value is -0.790. The van der Waals surface area contributed by atoms with Crippen molar-refractivity contribution in [3.63, 3.8) is 0 Å². The van der Waals surface area contributed by atoms with Gasteiger partial charge in [0.2, 0.25) is 0 Å². The van der Waals surface area contributed by atoms with Gasteiger partial charge in [0.1, 0.15) is 0 Å². The van der Waals surface area contributed by atoms with Gasteiger partial charge in [-0.3, -0.25) is 4.79 Å². The van der Waals surface area contributed by atoms with Crippen molar-refractivity contribution in [2.75, 3.05) is 0 Å². The third-order valence-corrected chi connectivity index (χ3v) is 7.28. The van der Waals surface area contributed by atoms with Crippen molar-refractivity contribution in [3.05, 3.63) is 12.2 Å². The van der Waals surface area contributed by atoms with E-state index in [9.17, 15) is 9.90 Å². The summed E-state index contributed by atoms with van der Waals surface area (Å²) < 4.78 is 0. The normalized spacial score (nSPS) is 13.2. The number of hydrogen-bond acceptors (Lipinski definition) is 1. The predicted molar refractivity (Wildman–Crippen MR) is 133 cm³/mol. The van der Waals surface area contributed by atoms with E-state index in [2.05, 4.69) is 26.0 Å². The van der Waals surface area contributed by atoms with Crippen LogP contribution >= 0.6 is 0 Å². The molecule has 0 radical (unpaired) electrons. The van der Waals surface area contributed by atoms with Gasteiger partial charge in [-0.05, 0) is 50.9 Å². The molecular weight excluding hydrogens is 368 g/mol. The minimum atomic E-state index is -0.583. The summed E-state index contributed by atoms with van der Waals surface area (Å²) in [5.74, 6) is -0.256. The van der Waals surface area contributed by atoms with Crippen LogP contribution in [0.4, 0.5) is 0 Å². The second kappa shape index (κ2) is 20.1. The number of unbranched alkanes of at least 4 members (excludes halogenated alkanes) is 13. The molecule has 0 spiro atoms. The van der Waals surface area contributed by atoms with Gasteiger partial charge >= 0.3 is 5.97 Å². The summed E-state index contributed by atoms with van der Waals surface area (Å²) in [6.45, 7) is 8.53. The molecule has 0 amide bonds. The molecule has 0 fully saturated rings. The van der Waals surface area contributed by atoms with Crippen molar-refractivity contribution in [2.45, 2.75) is 150 Å². The van der Waals surface area contributed by atoms with E-state index >= 15 is 0 Å². The molecule has 0 bridgehead atoms. The van der Waals surface area contributed by atoms with Crippen molar-refractivity contribution < 1.29 is 9.90 Å². The summed E-state index contributed by atoms with van der Waals surface area (Å²) in [6, 6.07) is 0. The zero-order chi connectivity index (χ0) is 22.5. The maximum absolute atomic E-state index is 11.9. The SMILES string of the molecule is CCCCCCCCC=CCCCCCCCCCC(CC)C(CC)(CC)C(=O)O. The molecule has 0 saturated heterocycles. The van der Waals surface area contributed by atoms with Crippen LogP contribution in [0.1, 0.15) is 150 Å². The van der Waals surface area contributed by atoms with Crippen molar-refractivity contribution in [2.24, 2.45) is 11.3 Å². The van der Waals surface area contributed by atoms with Crippen LogP contribution < -0.4 is 0 Å². The van der Waals surface area contributed by atoms with Crippen LogP contribution in [0.3, 0.4) is 0 Å². The average Bonchev–Trinajstić information content (AvgIpc) is 2.75. The van der Waals surface area contributed by atoms with E-state index in [1.54, 1.807) is 0 Å². The first-order valence-corrected chi connectivity index (χ1v) is 13.5. The van der Waals surface area contributed by atoms with E-state index in [1.165, 1.54) is 96.3 Å². The van der Waals surface area contributed by atoms with Gasteiger partial charge in [-0.1, -0.05) is 117 Å². The standard InChI is InChI=1S/C28H54O2/c1-5-9-10-11-12-13-14-15-16-17-18-19-20-21-22-23-24-25-26(6-2)28(7-3,8-4)27(29)30/h15-16,26H,5-14,17-25H2,1-4H3,(H,29,30). The third kappa shape index (κ3) is 12.8. The quantitative estimate of drug-likeness (QED) is 0.139. The Morgan fingerprint density at radius 1 is 0.700 bits per heavy atom. The molecule has 1 atom stereocenters. The lowest BCUT2D eigenvalue weighted by molar-refractivity contribution is -0.153. The van der Waals surface area contributed by atoms with E-state index < -0.39 is 11.4 Å². The highest BCUT2D eigenvalue weighted by molar-refractivity contribution is 5.74. The molecular formula is C28H54O2. The average molecular weight is 423 g/mol. The molecule has 1 N–H and O–H groups in total. The summed E-state index contributed by atoms with van der Waals surface area (Å²) in [5, 5.41) is 9.76. The topological polar surface area (TPSA) is 37.3 Å². The van der Waals surface area contributed by atoms with Gasteiger partial charge in [-0.15, -0.1) is 0 Å². The van der Waals surface area contributed by atoms with Gasteiger partial charge in [0.05, 0.1) is 5.41 Å². The van der Waals surface area contributed by atoms with Crippen molar-refractivity contribution >= 4 is 5.97 Å². The summed E-state index contributed by atoms with van der Waals surface area (Å²) in [4.78, 5) is 11.9. The lowest BCUT2D eigenvalue weighted by Gasteiger charge is -2.35. The van der Waals surface area contributed by atoms with Crippen LogP contribution in [0.15, 0.2) is 12.2 Å². The monoisotopic (exact) mass is 422 g/mol. The van der Waals surface area contributed by atoms with Crippen LogP contribution in [-0.4, -0.2) is 11.1 Å². The molecule has 1 unspecified atom stereocenters. The highest BCUT2D eigenvalue weighted by Gasteiger charge is 2.41. The largest absolute Gasteiger partial charge is 0.481 e. The predicted octanol–water partition coefficient (Wildman–Crippen LogP) is 9.72. The fraction of sp³-hybridized carbons (Fsp3) is 0.893. The molecule has 0 saturated carbocycles. The minimum absolute atomic E-state index is 0.327. The highest BCUT2D eigenvalue weighted by atomic mass is 16.4. The Bertz CT molecular complexity index is 409. The number of rotatable bonds is 22. The molecule has 0 aliphatic carbocycles. The molecule has 0 aromatic carbocycles. The fourth-order valence-electron chi connectivity index (χ4n) is 4.99. The van der Waals surface area contributed by atoms with Gasteiger partial charge in [-0.25, -0.2) is 0 Å². The smallest absolute Gasteiger partial charge is 0.309 e. The van der Waals surface area contributed by atoms with Gasteiger partial charge in [0, 0.05) is 0 Å². The Morgan fingerprint density at radius 2 is 1.13 bits per heavy atom. The van der Waals surface area contributed by atoms with Gasteiger partial charge in [0.15, 0.2) is 0 Å². The second-order valence-electron chi connectivity index (χ2n) is 9.35. The first-order chi connectivity index (χ1) is 14.6. The van der Waals surface area contributed by atoms with Crippen LogP contribution in [0, 0.1) is 11.3 Å². The van der Waals surface area contributed by atoms with Crippen LogP contribution in [0.5, 0.6) is 0 Å². The van der Waals surface area contributed by atoms with Crippen molar-refractivity contribution in [3.8, 4) is 0 Å². The summed E-state index contributed by atoms with van der Waals surface area (Å²) in [7, 11) is 0. The number of carboxylic acids is 1. The summed E-state index contributed by atoms with van der Waals surface area (Å²) in [6.07, 6.45) is 28.4. The maximum atomic E-state index is 11.9. The fourth-order valence-corrected chi connectivity index (χ4v) is 4.99. The van der Waals surface area contributed by atoms with E-state index in [0.29, 0.717) is 5.92 Å². The van der Waals surface area contributed by atoms with E-state index in [4.69, 9.17) is 0 Å². The lowest BCUT2D eigenvalue weighted by atomic mass is 9.68. The molecule has 30 heavy (non-hydrogen) atoms.